The van der Waals surface area contributed by atoms with E-state index in [2.05, 4.69) is 10.2 Å². The van der Waals surface area contributed by atoms with E-state index in [0.29, 0.717) is 23.1 Å². The molecule has 0 saturated carbocycles. The summed E-state index contributed by atoms with van der Waals surface area (Å²) in [4.78, 5) is 14.7. The average molecular weight is 358 g/mol. The largest absolute Gasteiger partial charge is 0.493 e. The molecular formula is C18H22N4O4. The molecule has 2 aliphatic heterocycles. The topological polar surface area (TPSA) is 78.7 Å². The number of amides is 1. The number of carbonyl (C=O) groups is 1. The summed E-state index contributed by atoms with van der Waals surface area (Å²) < 4.78 is 18.2. The molecule has 4 rings (SSSR count). The molecule has 2 atom stereocenters. The fraction of sp³-hybridized carbons (Fsp3) is 0.500. The van der Waals surface area contributed by atoms with Crippen LogP contribution in [0.2, 0.25) is 0 Å². The zero-order valence-corrected chi connectivity index (χ0v) is 15.4. The van der Waals surface area contributed by atoms with Crippen LogP contribution in [-0.4, -0.2) is 53.4 Å². The van der Waals surface area contributed by atoms with Crippen LogP contribution in [0.25, 0.3) is 11.4 Å². The van der Waals surface area contributed by atoms with Gasteiger partial charge in [-0.25, -0.2) is 0 Å². The third-order valence-electron chi connectivity index (χ3n) is 5.22. The Bertz CT molecular complexity index is 838. The molecule has 1 fully saturated rings. The molecule has 8 nitrogen and oxygen atoms in total. The van der Waals surface area contributed by atoms with Crippen LogP contribution in [-0.2, 0) is 4.79 Å². The lowest BCUT2D eigenvalue weighted by atomic mass is 10.1. The Morgan fingerprint density at radius 3 is 2.38 bits per heavy atom. The molecule has 26 heavy (non-hydrogen) atoms. The summed E-state index contributed by atoms with van der Waals surface area (Å²) in [5.41, 5.74) is 0.768. The maximum atomic E-state index is 12.8. The summed E-state index contributed by atoms with van der Waals surface area (Å²) in [5, 5.41) is 8.82. The fourth-order valence-electron chi connectivity index (χ4n) is 3.97. The Kier molecular flexibility index (Phi) is 3.97. The molecule has 0 aliphatic carbocycles. The molecule has 0 radical (unpaired) electrons. The maximum Gasteiger partial charge on any atom is 0.246 e. The highest BCUT2D eigenvalue weighted by Crippen LogP contribution is 2.44. The molecule has 0 spiro atoms. The van der Waals surface area contributed by atoms with Crippen molar-refractivity contribution in [1.29, 1.82) is 0 Å². The van der Waals surface area contributed by atoms with Crippen LogP contribution in [0.5, 0.6) is 17.2 Å². The molecule has 1 aromatic heterocycles. The lowest BCUT2D eigenvalue weighted by Gasteiger charge is -2.34. The van der Waals surface area contributed by atoms with Crippen molar-refractivity contribution in [2.45, 2.75) is 31.8 Å². The van der Waals surface area contributed by atoms with Crippen molar-refractivity contribution in [3.05, 3.63) is 18.0 Å². The Hall–Kier alpha value is -2.77. The van der Waals surface area contributed by atoms with E-state index in [-0.39, 0.29) is 18.0 Å². The quantitative estimate of drug-likeness (QED) is 0.834. The monoisotopic (exact) mass is 358 g/mol. The molecule has 2 aliphatic rings. The lowest BCUT2D eigenvalue weighted by Crippen LogP contribution is -2.42. The Labute approximate surface area is 151 Å². The van der Waals surface area contributed by atoms with E-state index in [4.69, 9.17) is 14.2 Å². The summed E-state index contributed by atoms with van der Waals surface area (Å²) in [6, 6.07) is 3.33. The highest BCUT2D eigenvalue weighted by molar-refractivity contribution is 5.83. The van der Waals surface area contributed by atoms with Crippen LogP contribution in [0.15, 0.2) is 12.1 Å². The number of nitrogens with zero attached hydrogens (tertiary/aromatic N) is 4. The van der Waals surface area contributed by atoms with Crippen molar-refractivity contribution >= 4 is 5.91 Å². The minimum Gasteiger partial charge on any atom is -0.493 e. The molecule has 0 unspecified atom stereocenters. The van der Waals surface area contributed by atoms with E-state index >= 15 is 0 Å². The predicted molar refractivity (Wildman–Crippen MR) is 93.5 cm³/mol. The Balaban J connectivity index is 1.88. The highest BCUT2D eigenvalue weighted by Gasteiger charge is 2.42. The first kappa shape index (κ1) is 16.7. The lowest BCUT2D eigenvalue weighted by molar-refractivity contribution is -0.137. The average Bonchev–Trinajstić information content (AvgIpc) is 3.31. The zero-order valence-electron chi connectivity index (χ0n) is 15.4. The van der Waals surface area contributed by atoms with Gasteiger partial charge in [-0.2, -0.15) is 0 Å². The van der Waals surface area contributed by atoms with E-state index in [1.54, 1.807) is 21.3 Å². The summed E-state index contributed by atoms with van der Waals surface area (Å²) >= 11 is 0. The number of methoxy groups -OCH3 is 3. The predicted octanol–water partition coefficient (Wildman–Crippen LogP) is 2.21. The first-order valence-corrected chi connectivity index (χ1v) is 8.66. The first-order chi connectivity index (χ1) is 12.6. The van der Waals surface area contributed by atoms with E-state index in [1.807, 2.05) is 28.5 Å². The number of ether oxygens (including phenoxy) is 3. The van der Waals surface area contributed by atoms with Gasteiger partial charge in [0.15, 0.2) is 23.1 Å². The molecule has 8 heteroatoms. The fourth-order valence-corrected chi connectivity index (χ4v) is 3.97. The van der Waals surface area contributed by atoms with Crippen molar-refractivity contribution in [2.75, 3.05) is 27.9 Å². The number of fused-ring (bicyclic) bond motifs is 3. The summed E-state index contributed by atoms with van der Waals surface area (Å²) in [6.45, 7) is 2.69. The summed E-state index contributed by atoms with van der Waals surface area (Å²) in [5.74, 6) is 3.19. The van der Waals surface area contributed by atoms with Gasteiger partial charge in [0.1, 0.15) is 6.04 Å². The second kappa shape index (κ2) is 6.19. The molecule has 0 N–H and O–H groups in total. The van der Waals surface area contributed by atoms with Gasteiger partial charge in [-0.05, 0) is 31.9 Å². The van der Waals surface area contributed by atoms with Gasteiger partial charge in [0.25, 0.3) is 0 Å². The SMILES string of the molecule is COc1cc(-c2nnc3n2[C@@H](C)C(=O)N2CCC[C@@H]32)cc(OC)c1OC. The van der Waals surface area contributed by atoms with Gasteiger partial charge in [-0.3, -0.25) is 9.36 Å². The van der Waals surface area contributed by atoms with E-state index in [1.165, 1.54) is 0 Å². The second-order valence-electron chi connectivity index (χ2n) is 6.53. The minimum absolute atomic E-state index is 0.0157. The third kappa shape index (κ3) is 2.24. The molecule has 3 heterocycles. The highest BCUT2D eigenvalue weighted by atomic mass is 16.5. The zero-order chi connectivity index (χ0) is 18.4. The molecule has 0 bridgehead atoms. The van der Waals surface area contributed by atoms with Gasteiger partial charge in [0, 0.05) is 12.1 Å². The van der Waals surface area contributed by atoms with E-state index in [0.717, 1.165) is 30.8 Å². The number of hydrogen-bond acceptors (Lipinski definition) is 6. The number of benzene rings is 1. The van der Waals surface area contributed by atoms with E-state index in [9.17, 15) is 4.79 Å². The standard InChI is InChI=1S/C18H22N4O4/c1-10-18(23)21-7-5-6-12(21)17-20-19-16(22(10)17)11-8-13(24-2)15(26-4)14(9-11)25-3/h8-10,12H,5-7H2,1-4H3/t10-,12-/m0/s1. The van der Waals surface area contributed by atoms with Crippen molar-refractivity contribution in [2.24, 2.45) is 0 Å². The van der Waals surface area contributed by atoms with Crippen LogP contribution in [0, 0.1) is 0 Å². The number of carbonyl (C=O) groups excluding carboxylic acids is 1. The molecule has 138 valence electrons. The van der Waals surface area contributed by atoms with Crippen LogP contribution in [0.1, 0.15) is 37.7 Å². The van der Waals surface area contributed by atoms with Crippen LogP contribution >= 0.6 is 0 Å². The van der Waals surface area contributed by atoms with Crippen LogP contribution < -0.4 is 14.2 Å². The molecule has 1 saturated heterocycles. The van der Waals surface area contributed by atoms with E-state index < -0.39 is 0 Å². The smallest absolute Gasteiger partial charge is 0.246 e. The van der Waals surface area contributed by atoms with Gasteiger partial charge in [-0.15, -0.1) is 10.2 Å². The molecule has 1 aromatic carbocycles. The molecule has 1 amide bonds. The third-order valence-corrected chi connectivity index (χ3v) is 5.22. The summed E-state index contributed by atoms with van der Waals surface area (Å²) in [6.07, 6.45) is 1.92. The second-order valence-corrected chi connectivity index (χ2v) is 6.53. The van der Waals surface area contributed by atoms with Crippen molar-refractivity contribution in [3.8, 4) is 28.6 Å². The van der Waals surface area contributed by atoms with Gasteiger partial charge < -0.3 is 19.1 Å². The van der Waals surface area contributed by atoms with Crippen molar-refractivity contribution in [3.63, 3.8) is 0 Å². The van der Waals surface area contributed by atoms with Gasteiger partial charge in [0.05, 0.1) is 27.4 Å². The normalized spacial score (nSPS) is 21.4. The Morgan fingerprint density at radius 1 is 1.08 bits per heavy atom. The number of aromatic nitrogens is 3. The van der Waals surface area contributed by atoms with Gasteiger partial charge in [-0.1, -0.05) is 0 Å². The van der Waals surface area contributed by atoms with Crippen molar-refractivity contribution < 1.29 is 19.0 Å². The Morgan fingerprint density at radius 2 is 1.77 bits per heavy atom. The molecule has 2 aromatic rings. The summed E-state index contributed by atoms with van der Waals surface area (Å²) in [7, 11) is 4.71. The van der Waals surface area contributed by atoms with Crippen LogP contribution in [0.3, 0.4) is 0 Å². The number of hydrogen-bond donors (Lipinski definition) is 0. The number of rotatable bonds is 4. The maximum absolute atomic E-state index is 12.8. The van der Waals surface area contributed by atoms with Crippen molar-refractivity contribution in [1.82, 2.24) is 19.7 Å². The minimum atomic E-state index is -0.344. The van der Waals surface area contributed by atoms with Gasteiger partial charge in [0.2, 0.25) is 11.7 Å². The van der Waals surface area contributed by atoms with Gasteiger partial charge >= 0.3 is 0 Å². The van der Waals surface area contributed by atoms with Crippen LogP contribution in [0.4, 0.5) is 0 Å². The first-order valence-electron chi connectivity index (χ1n) is 8.66. The molecular weight excluding hydrogens is 336 g/mol.